The minimum atomic E-state index is 0.780. The van der Waals surface area contributed by atoms with E-state index in [9.17, 15) is 0 Å². The second-order valence-electron chi connectivity index (χ2n) is 3.73. The molecule has 0 bridgehead atoms. The molecule has 0 spiro atoms. The molecule has 0 aliphatic carbocycles. The highest BCUT2D eigenvalue weighted by atomic mass is 32.2. The van der Waals surface area contributed by atoms with E-state index < -0.39 is 0 Å². The highest BCUT2D eigenvalue weighted by molar-refractivity contribution is 7.99. The van der Waals surface area contributed by atoms with Gasteiger partial charge in [-0.3, -0.25) is 0 Å². The third-order valence-electron chi connectivity index (χ3n) is 1.94. The van der Waals surface area contributed by atoms with Crippen molar-refractivity contribution >= 4 is 11.8 Å². The average molecular weight is 203 g/mol. The molecule has 0 fully saturated rings. The van der Waals surface area contributed by atoms with Crippen molar-refractivity contribution in [2.24, 2.45) is 0 Å². The fourth-order valence-corrected chi connectivity index (χ4v) is 1.90. The number of thioether (sulfide) groups is 1. The van der Waals surface area contributed by atoms with Crippen molar-refractivity contribution in [3.63, 3.8) is 0 Å². The van der Waals surface area contributed by atoms with Crippen molar-refractivity contribution in [2.75, 3.05) is 18.8 Å². The zero-order chi connectivity index (χ0) is 9.94. The van der Waals surface area contributed by atoms with Crippen LogP contribution in [0.4, 0.5) is 0 Å². The van der Waals surface area contributed by atoms with Gasteiger partial charge in [0.05, 0.1) is 0 Å². The third kappa shape index (κ3) is 12.3. The molecular weight excluding hydrogens is 178 g/mol. The van der Waals surface area contributed by atoms with Crippen LogP contribution in [0.15, 0.2) is 0 Å². The maximum Gasteiger partial charge on any atom is 0.00606 e. The highest BCUT2D eigenvalue weighted by Crippen LogP contribution is 2.06. The summed E-state index contributed by atoms with van der Waals surface area (Å²) in [5, 5.41) is 4.26. The zero-order valence-corrected chi connectivity index (χ0v) is 10.3. The Labute approximate surface area is 88.1 Å². The standard InChI is InChI=1S/C11H25NS/c1-4-5-6-7-8-12-9-10-13-11(2)3/h11-12H,4-10H2,1-3H3. The Hall–Kier alpha value is 0.310. The van der Waals surface area contributed by atoms with Crippen LogP contribution in [-0.4, -0.2) is 24.1 Å². The van der Waals surface area contributed by atoms with E-state index in [0.717, 1.165) is 5.25 Å². The van der Waals surface area contributed by atoms with E-state index in [1.807, 2.05) is 11.8 Å². The van der Waals surface area contributed by atoms with Crippen LogP contribution < -0.4 is 5.32 Å². The van der Waals surface area contributed by atoms with Crippen molar-refractivity contribution in [1.29, 1.82) is 0 Å². The lowest BCUT2D eigenvalue weighted by atomic mass is 10.2. The second kappa shape index (κ2) is 10.4. The van der Waals surface area contributed by atoms with E-state index in [2.05, 4.69) is 26.1 Å². The van der Waals surface area contributed by atoms with Crippen molar-refractivity contribution < 1.29 is 0 Å². The van der Waals surface area contributed by atoms with Gasteiger partial charge in [-0.05, 0) is 18.2 Å². The van der Waals surface area contributed by atoms with Gasteiger partial charge in [-0.2, -0.15) is 11.8 Å². The van der Waals surface area contributed by atoms with Gasteiger partial charge in [0, 0.05) is 12.3 Å². The molecule has 0 atom stereocenters. The van der Waals surface area contributed by atoms with Gasteiger partial charge in [0.2, 0.25) is 0 Å². The first kappa shape index (κ1) is 13.3. The number of rotatable bonds is 9. The van der Waals surface area contributed by atoms with E-state index in [1.165, 1.54) is 44.5 Å². The molecule has 0 rings (SSSR count). The van der Waals surface area contributed by atoms with Crippen LogP contribution in [0.5, 0.6) is 0 Å². The van der Waals surface area contributed by atoms with Gasteiger partial charge >= 0.3 is 0 Å². The molecule has 0 aromatic carbocycles. The van der Waals surface area contributed by atoms with Crippen LogP contribution >= 0.6 is 11.8 Å². The summed E-state index contributed by atoms with van der Waals surface area (Å²) in [4.78, 5) is 0. The molecule has 80 valence electrons. The van der Waals surface area contributed by atoms with Crippen LogP contribution in [0, 0.1) is 0 Å². The molecule has 0 aliphatic rings. The lowest BCUT2D eigenvalue weighted by Crippen LogP contribution is -2.18. The summed E-state index contributed by atoms with van der Waals surface area (Å²) >= 11 is 2.04. The Morgan fingerprint density at radius 3 is 2.46 bits per heavy atom. The fourth-order valence-electron chi connectivity index (χ4n) is 1.17. The summed E-state index contributed by atoms with van der Waals surface area (Å²) in [5.41, 5.74) is 0. The van der Waals surface area contributed by atoms with Gasteiger partial charge in [-0.1, -0.05) is 40.0 Å². The topological polar surface area (TPSA) is 12.0 Å². The first-order chi connectivity index (χ1) is 6.27. The molecule has 0 radical (unpaired) electrons. The molecule has 0 aromatic rings. The van der Waals surface area contributed by atoms with Crippen LogP contribution in [0.1, 0.15) is 46.5 Å². The summed E-state index contributed by atoms with van der Waals surface area (Å²) < 4.78 is 0. The Bertz CT molecular complexity index is 94.1. The van der Waals surface area contributed by atoms with Crippen molar-refractivity contribution in [1.82, 2.24) is 5.32 Å². The first-order valence-corrected chi connectivity index (χ1v) is 6.64. The minimum absolute atomic E-state index is 0.780. The monoisotopic (exact) mass is 203 g/mol. The quantitative estimate of drug-likeness (QED) is 0.577. The van der Waals surface area contributed by atoms with E-state index in [4.69, 9.17) is 0 Å². The molecule has 13 heavy (non-hydrogen) atoms. The molecule has 1 N–H and O–H groups in total. The van der Waals surface area contributed by atoms with Gasteiger partial charge < -0.3 is 5.32 Å². The SMILES string of the molecule is CCCCCCNCCSC(C)C. The third-order valence-corrected chi connectivity index (χ3v) is 3.04. The van der Waals surface area contributed by atoms with Crippen LogP contribution in [-0.2, 0) is 0 Å². The van der Waals surface area contributed by atoms with Crippen molar-refractivity contribution in [2.45, 2.75) is 51.7 Å². The lowest BCUT2D eigenvalue weighted by molar-refractivity contribution is 0.612. The molecule has 2 heteroatoms. The second-order valence-corrected chi connectivity index (χ2v) is 5.41. The molecule has 0 aliphatic heterocycles. The molecule has 0 unspecified atom stereocenters. The average Bonchev–Trinajstić information content (AvgIpc) is 2.09. The Morgan fingerprint density at radius 1 is 1.08 bits per heavy atom. The minimum Gasteiger partial charge on any atom is -0.316 e. The van der Waals surface area contributed by atoms with Crippen LogP contribution in [0.2, 0.25) is 0 Å². The predicted molar refractivity (Wildman–Crippen MR) is 64.6 cm³/mol. The van der Waals surface area contributed by atoms with Crippen molar-refractivity contribution in [3.05, 3.63) is 0 Å². The highest BCUT2D eigenvalue weighted by Gasteiger charge is 1.93. The summed E-state index contributed by atoms with van der Waals surface area (Å²) in [6, 6.07) is 0. The lowest BCUT2D eigenvalue weighted by Gasteiger charge is -2.06. The van der Waals surface area contributed by atoms with Gasteiger partial charge in [0.25, 0.3) is 0 Å². The molecule has 0 amide bonds. The summed E-state index contributed by atoms with van der Waals surface area (Å²) in [6.45, 7) is 9.15. The number of hydrogen-bond acceptors (Lipinski definition) is 2. The summed E-state index contributed by atoms with van der Waals surface area (Å²) in [6.07, 6.45) is 5.46. The number of unbranched alkanes of at least 4 members (excludes halogenated alkanes) is 3. The first-order valence-electron chi connectivity index (χ1n) is 5.59. The number of nitrogens with one attached hydrogen (secondary N) is 1. The van der Waals surface area contributed by atoms with Crippen LogP contribution in [0.25, 0.3) is 0 Å². The zero-order valence-electron chi connectivity index (χ0n) is 9.44. The molecular formula is C11H25NS. The predicted octanol–water partition coefficient (Wildman–Crippen LogP) is 3.30. The fraction of sp³-hybridized carbons (Fsp3) is 1.00. The summed E-state index contributed by atoms with van der Waals surface area (Å²) in [5.74, 6) is 1.26. The van der Waals surface area contributed by atoms with E-state index in [0.29, 0.717) is 0 Å². The molecule has 0 aromatic heterocycles. The van der Waals surface area contributed by atoms with Gasteiger partial charge in [-0.15, -0.1) is 0 Å². The Morgan fingerprint density at radius 2 is 1.85 bits per heavy atom. The van der Waals surface area contributed by atoms with Crippen molar-refractivity contribution in [3.8, 4) is 0 Å². The van der Waals surface area contributed by atoms with E-state index >= 15 is 0 Å². The molecule has 0 saturated carbocycles. The summed E-state index contributed by atoms with van der Waals surface area (Å²) in [7, 11) is 0. The van der Waals surface area contributed by atoms with Gasteiger partial charge in [0.1, 0.15) is 0 Å². The normalized spacial score (nSPS) is 11.1. The smallest absolute Gasteiger partial charge is 0.00606 e. The van der Waals surface area contributed by atoms with Gasteiger partial charge in [-0.25, -0.2) is 0 Å². The molecule has 0 saturated heterocycles. The van der Waals surface area contributed by atoms with E-state index in [-0.39, 0.29) is 0 Å². The Kier molecular flexibility index (Phi) is 10.6. The maximum atomic E-state index is 3.48. The molecule has 1 nitrogen and oxygen atoms in total. The maximum absolute atomic E-state index is 3.48. The molecule has 0 heterocycles. The number of hydrogen-bond donors (Lipinski definition) is 1. The van der Waals surface area contributed by atoms with Gasteiger partial charge in [0.15, 0.2) is 0 Å². The Balaban J connectivity index is 2.84. The largest absolute Gasteiger partial charge is 0.316 e. The van der Waals surface area contributed by atoms with Crippen LogP contribution in [0.3, 0.4) is 0 Å². The van der Waals surface area contributed by atoms with E-state index in [1.54, 1.807) is 0 Å².